The van der Waals surface area contributed by atoms with Gasteiger partial charge in [0.15, 0.2) is 0 Å². The van der Waals surface area contributed by atoms with Gasteiger partial charge >= 0.3 is 0 Å². The first-order valence-corrected chi connectivity index (χ1v) is 13.3. The summed E-state index contributed by atoms with van der Waals surface area (Å²) in [6.07, 6.45) is 7.58. The maximum absolute atomic E-state index is 3.76. The second-order valence-electron chi connectivity index (χ2n) is 9.39. The van der Waals surface area contributed by atoms with Crippen LogP contribution in [-0.2, 0) is 0 Å². The first-order chi connectivity index (χ1) is 18.7. The average Bonchev–Trinajstić information content (AvgIpc) is 2.98. The summed E-state index contributed by atoms with van der Waals surface area (Å²) < 4.78 is 0. The SMILES string of the molecule is C/C=C\C(=C/CC)c1cc(Nc2cc(-c3ccccc3)cc(-c3ccccc3)c2)cc(-c2ccccc2)c1. The van der Waals surface area contributed by atoms with Crippen molar-refractivity contribution in [2.24, 2.45) is 0 Å². The van der Waals surface area contributed by atoms with Gasteiger partial charge in [-0.15, -0.1) is 0 Å². The molecule has 0 aliphatic heterocycles. The predicted octanol–water partition coefficient (Wildman–Crippen LogP) is 10.8. The van der Waals surface area contributed by atoms with E-state index in [-0.39, 0.29) is 0 Å². The molecule has 5 aromatic rings. The van der Waals surface area contributed by atoms with E-state index in [0.29, 0.717) is 0 Å². The second-order valence-corrected chi connectivity index (χ2v) is 9.39. The smallest absolute Gasteiger partial charge is 0.0396 e. The minimum atomic E-state index is 0.984. The van der Waals surface area contributed by atoms with E-state index in [0.717, 1.165) is 17.8 Å². The van der Waals surface area contributed by atoms with E-state index < -0.39 is 0 Å². The molecule has 0 bridgehead atoms. The lowest BCUT2D eigenvalue weighted by molar-refractivity contribution is 1.23. The van der Waals surface area contributed by atoms with E-state index in [2.05, 4.69) is 165 Å². The molecule has 1 heteroatoms. The van der Waals surface area contributed by atoms with Gasteiger partial charge in [-0.2, -0.15) is 0 Å². The Morgan fingerprint density at radius 2 is 1.00 bits per heavy atom. The average molecular weight is 492 g/mol. The van der Waals surface area contributed by atoms with E-state index >= 15 is 0 Å². The van der Waals surface area contributed by atoms with Crippen LogP contribution >= 0.6 is 0 Å². The topological polar surface area (TPSA) is 12.0 Å². The van der Waals surface area contributed by atoms with Crippen molar-refractivity contribution in [3.05, 3.63) is 151 Å². The Kier molecular flexibility index (Phi) is 7.96. The molecule has 0 saturated heterocycles. The predicted molar refractivity (Wildman–Crippen MR) is 166 cm³/mol. The zero-order valence-electron chi connectivity index (χ0n) is 22.1. The number of allylic oxidation sites excluding steroid dienone is 4. The molecule has 38 heavy (non-hydrogen) atoms. The fourth-order valence-corrected chi connectivity index (χ4v) is 4.81. The summed E-state index contributed by atoms with van der Waals surface area (Å²) in [6.45, 7) is 4.26. The van der Waals surface area contributed by atoms with E-state index in [1.807, 2.05) is 0 Å². The normalized spacial score (nSPS) is 11.6. The molecule has 5 rings (SSSR count). The number of rotatable bonds is 8. The highest BCUT2D eigenvalue weighted by molar-refractivity contribution is 5.84. The van der Waals surface area contributed by atoms with E-state index in [1.165, 1.54) is 44.5 Å². The van der Waals surface area contributed by atoms with Crippen molar-refractivity contribution >= 4 is 16.9 Å². The summed E-state index contributed by atoms with van der Waals surface area (Å²) in [4.78, 5) is 0. The molecule has 0 unspecified atom stereocenters. The van der Waals surface area contributed by atoms with Crippen molar-refractivity contribution in [3.8, 4) is 33.4 Å². The molecule has 0 aromatic heterocycles. The summed E-state index contributed by atoms with van der Waals surface area (Å²) in [5.74, 6) is 0. The summed E-state index contributed by atoms with van der Waals surface area (Å²) in [6, 6.07) is 45.3. The van der Waals surface area contributed by atoms with E-state index in [1.54, 1.807) is 0 Å². The van der Waals surface area contributed by atoms with Crippen LogP contribution in [0.2, 0.25) is 0 Å². The van der Waals surface area contributed by atoms with Gasteiger partial charge in [-0.25, -0.2) is 0 Å². The lowest BCUT2D eigenvalue weighted by Crippen LogP contribution is -1.95. The van der Waals surface area contributed by atoms with Crippen LogP contribution in [-0.4, -0.2) is 0 Å². The highest BCUT2D eigenvalue weighted by Crippen LogP contribution is 2.34. The highest BCUT2D eigenvalue weighted by atomic mass is 14.9. The molecule has 0 saturated carbocycles. The minimum absolute atomic E-state index is 0.984. The van der Waals surface area contributed by atoms with Gasteiger partial charge in [0.1, 0.15) is 0 Å². The van der Waals surface area contributed by atoms with Crippen molar-refractivity contribution in [2.75, 3.05) is 5.32 Å². The summed E-state index contributed by atoms with van der Waals surface area (Å²) in [7, 11) is 0. The maximum Gasteiger partial charge on any atom is 0.0396 e. The molecular weight excluding hydrogens is 458 g/mol. The molecule has 1 nitrogen and oxygen atoms in total. The molecule has 0 atom stereocenters. The third-order valence-electron chi connectivity index (χ3n) is 6.58. The van der Waals surface area contributed by atoms with Gasteiger partial charge in [0.25, 0.3) is 0 Å². The number of anilines is 2. The Balaban J connectivity index is 1.63. The lowest BCUT2D eigenvalue weighted by atomic mass is 9.96. The fourth-order valence-electron chi connectivity index (χ4n) is 4.81. The highest BCUT2D eigenvalue weighted by Gasteiger charge is 2.09. The summed E-state index contributed by atoms with van der Waals surface area (Å²) >= 11 is 0. The number of benzene rings is 5. The van der Waals surface area contributed by atoms with Crippen LogP contribution in [0.15, 0.2) is 146 Å². The maximum atomic E-state index is 3.76. The number of hydrogen-bond donors (Lipinski definition) is 1. The molecule has 1 N–H and O–H groups in total. The van der Waals surface area contributed by atoms with Gasteiger partial charge in [0, 0.05) is 11.4 Å². The van der Waals surface area contributed by atoms with Crippen LogP contribution in [0.4, 0.5) is 11.4 Å². The number of hydrogen-bond acceptors (Lipinski definition) is 1. The zero-order valence-corrected chi connectivity index (χ0v) is 22.1. The molecule has 0 aliphatic rings. The largest absolute Gasteiger partial charge is 0.355 e. The van der Waals surface area contributed by atoms with Gasteiger partial charge < -0.3 is 5.32 Å². The van der Waals surface area contributed by atoms with Crippen LogP contribution in [0.3, 0.4) is 0 Å². The van der Waals surface area contributed by atoms with E-state index in [9.17, 15) is 0 Å². The Labute approximate surface area is 226 Å². The molecule has 186 valence electrons. The first kappa shape index (κ1) is 25.0. The minimum Gasteiger partial charge on any atom is -0.355 e. The van der Waals surface area contributed by atoms with Crippen molar-refractivity contribution < 1.29 is 0 Å². The van der Waals surface area contributed by atoms with Crippen molar-refractivity contribution in [3.63, 3.8) is 0 Å². The van der Waals surface area contributed by atoms with Crippen molar-refractivity contribution in [1.29, 1.82) is 0 Å². The van der Waals surface area contributed by atoms with Crippen LogP contribution in [0.5, 0.6) is 0 Å². The molecule has 0 heterocycles. The molecule has 0 fully saturated rings. The molecule has 5 aromatic carbocycles. The summed E-state index contributed by atoms with van der Waals surface area (Å²) in [5, 5.41) is 3.76. The molecular formula is C37H33N. The lowest BCUT2D eigenvalue weighted by Gasteiger charge is -2.16. The van der Waals surface area contributed by atoms with Gasteiger partial charge in [-0.05, 0) is 94.3 Å². The molecule has 0 radical (unpaired) electrons. The van der Waals surface area contributed by atoms with Crippen LogP contribution in [0.25, 0.3) is 39.0 Å². The standard InChI is InChI=1S/C37H33N/c1-3-14-28(15-4-2)32-22-33(29-16-8-5-9-17-29)25-36(24-32)38-37-26-34(30-18-10-6-11-19-30)23-35(27-37)31-20-12-7-13-21-31/h3,5-27,38H,4H2,1-2H3/b14-3-,28-15+. The Bertz CT molecular complexity index is 1490. The Morgan fingerprint density at radius 3 is 1.45 bits per heavy atom. The quantitative estimate of drug-likeness (QED) is 0.213. The third-order valence-corrected chi connectivity index (χ3v) is 6.58. The molecule has 0 amide bonds. The van der Waals surface area contributed by atoms with Gasteiger partial charge in [0.05, 0.1) is 0 Å². The first-order valence-electron chi connectivity index (χ1n) is 13.3. The molecule has 0 aliphatic carbocycles. The Morgan fingerprint density at radius 1 is 0.553 bits per heavy atom. The van der Waals surface area contributed by atoms with Gasteiger partial charge in [0.2, 0.25) is 0 Å². The number of nitrogens with one attached hydrogen (secondary N) is 1. The van der Waals surface area contributed by atoms with Crippen molar-refractivity contribution in [1.82, 2.24) is 0 Å². The van der Waals surface area contributed by atoms with E-state index in [4.69, 9.17) is 0 Å². The fraction of sp³-hybridized carbons (Fsp3) is 0.0811. The van der Waals surface area contributed by atoms with Crippen LogP contribution in [0, 0.1) is 0 Å². The van der Waals surface area contributed by atoms with Crippen molar-refractivity contribution in [2.45, 2.75) is 20.3 Å². The second kappa shape index (κ2) is 12.1. The zero-order chi connectivity index (χ0) is 26.2. The Hall–Kier alpha value is -4.62. The van der Waals surface area contributed by atoms with Crippen LogP contribution < -0.4 is 5.32 Å². The molecule has 0 spiro atoms. The van der Waals surface area contributed by atoms with Crippen LogP contribution in [0.1, 0.15) is 25.8 Å². The van der Waals surface area contributed by atoms with Gasteiger partial charge in [-0.3, -0.25) is 0 Å². The monoisotopic (exact) mass is 491 g/mol. The summed E-state index contributed by atoms with van der Waals surface area (Å²) in [5.41, 5.74) is 11.8. The third kappa shape index (κ3) is 6.02. The van der Waals surface area contributed by atoms with Gasteiger partial charge in [-0.1, -0.05) is 116 Å².